The first-order chi connectivity index (χ1) is 21.0. The van der Waals surface area contributed by atoms with E-state index in [4.69, 9.17) is 4.74 Å². The molecule has 0 unspecified atom stereocenters. The highest BCUT2D eigenvalue weighted by Gasteiger charge is 2.48. The maximum absolute atomic E-state index is 13.6. The lowest BCUT2D eigenvalue weighted by Gasteiger charge is -2.48. The van der Waals surface area contributed by atoms with Gasteiger partial charge >= 0.3 is 5.97 Å². The second kappa shape index (κ2) is 14.9. The van der Waals surface area contributed by atoms with E-state index in [0.717, 1.165) is 16.7 Å². The van der Waals surface area contributed by atoms with Gasteiger partial charge in [-0.25, -0.2) is 4.39 Å². The predicted molar refractivity (Wildman–Crippen MR) is 161 cm³/mol. The first-order valence-corrected chi connectivity index (χ1v) is 14.8. The summed E-state index contributed by atoms with van der Waals surface area (Å²) in [5.74, 6) is -1.39. The number of amides is 1. The van der Waals surface area contributed by atoms with Gasteiger partial charge in [-0.05, 0) is 78.6 Å². The Balaban J connectivity index is 1.56. The van der Waals surface area contributed by atoms with Crippen LogP contribution in [0, 0.1) is 11.7 Å². The maximum atomic E-state index is 13.6. The molecule has 1 fully saturated rings. The van der Waals surface area contributed by atoms with Crippen LogP contribution in [0.5, 0.6) is 0 Å². The largest absolute Gasteiger partial charge is 0.458 e. The van der Waals surface area contributed by atoms with E-state index in [9.17, 15) is 39.5 Å². The molecule has 0 bridgehead atoms. The molecular weight excluding hydrogens is 569 g/mol. The Morgan fingerprint density at radius 3 is 2.07 bits per heavy atom. The molecule has 3 atom stereocenters. The van der Waals surface area contributed by atoms with Gasteiger partial charge in [-0.1, -0.05) is 48.5 Å². The van der Waals surface area contributed by atoms with E-state index in [1.807, 2.05) is 48.5 Å². The lowest BCUT2D eigenvalue weighted by atomic mass is 9.78. The highest BCUT2D eigenvalue weighted by Crippen LogP contribution is 2.46. The lowest BCUT2D eigenvalue weighted by molar-refractivity contribution is -0.147. The minimum atomic E-state index is -1.56. The van der Waals surface area contributed by atoms with Gasteiger partial charge in [-0.15, -0.1) is 0 Å². The van der Waals surface area contributed by atoms with E-state index in [1.54, 1.807) is 17.0 Å². The van der Waals surface area contributed by atoms with Crippen molar-refractivity contribution in [2.24, 2.45) is 5.92 Å². The van der Waals surface area contributed by atoms with Crippen LogP contribution in [0.3, 0.4) is 0 Å². The normalized spacial score (nSPS) is 17.5. The number of carbonyl (C=O) groups is 2. The summed E-state index contributed by atoms with van der Waals surface area (Å²) < 4.78 is 19.1. The number of ether oxygens (including phenoxy) is 1. The molecule has 0 radical (unpaired) electrons. The molecule has 0 saturated carbocycles. The van der Waals surface area contributed by atoms with Crippen LogP contribution in [0.2, 0.25) is 0 Å². The number of halogens is 1. The number of aliphatic hydroxyl groups excluding tert-OH is 3. The second-order valence-corrected chi connectivity index (χ2v) is 11.5. The van der Waals surface area contributed by atoms with Gasteiger partial charge < -0.3 is 35.2 Å². The van der Waals surface area contributed by atoms with Gasteiger partial charge in [0.2, 0.25) is 5.91 Å². The fraction of sp³-hybridized carbons (Fsp3) is 0.412. The Hall–Kier alpha value is -3.67. The molecule has 4 rings (SSSR count). The standard InChI is InChI=1S/C34H40FNO8/c1-22(39)44-30(25-9-11-27(35)12-10-25)16-15-29-32(26-7-2-24(3-8-26)18-19-34(43,20-37)21-38)36(33(29)42)28-13-4-23(5-14-28)6-17-31(40)41/h2-5,7-14,29-32,37-38,40-41,43H,6,15-21H2,1H3/t29-,30-,32-/m1/s1. The van der Waals surface area contributed by atoms with Crippen LogP contribution < -0.4 is 4.90 Å². The molecule has 5 N–H and O–H groups in total. The molecule has 0 spiro atoms. The van der Waals surface area contributed by atoms with Crippen LogP contribution in [-0.4, -0.2) is 62.5 Å². The average molecular weight is 610 g/mol. The summed E-state index contributed by atoms with van der Waals surface area (Å²) in [6, 6.07) is 20.4. The van der Waals surface area contributed by atoms with Gasteiger partial charge in [-0.3, -0.25) is 9.59 Å². The van der Waals surface area contributed by atoms with E-state index in [2.05, 4.69) is 0 Å². The Labute approximate surface area is 256 Å². The van der Waals surface area contributed by atoms with Crippen LogP contribution in [0.25, 0.3) is 0 Å². The number of esters is 1. The third-order valence-electron chi connectivity index (χ3n) is 8.20. The molecule has 1 amide bonds. The number of anilines is 1. The van der Waals surface area contributed by atoms with Crippen molar-refractivity contribution in [1.82, 2.24) is 0 Å². The Kier molecular flexibility index (Phi) is 11.2. The Morgan fingerprint density at radius 1 is 0.909 bits per heavy atom. The summed E-state index contributed by atoms with van der Waals surface area (Å²) in [7, 11) is 0. The number of β-lactam (4-membered cyclic amide) rings is 1. The van der Waals surface area contributed by atoms with E-state index >= 15 is 0 Å². The van der Waals surface area contributed by atoms with E-state index < -0.39 is 48.9 Å². The number of aryl methyl sites for hydroxylation is 2. The zero-order chi connectivity index (χ0) is 31.9. The van der Waals surface area contributed by atoms with Crippen LogP contribution in [0.15, 0.2) is 72.8 Å². The molecule has 3 aromatic rings. The highest BCUT2D eigenvalue weighted by atomic mass is 19.1. The minimum absolute atomic E-state index is 0.0887. The molecule has 3 aromatic carbocycles. The molecular formula is C34H40FNO8. The van der Waals surface area contributed by atoms with Crippen LogP contribution >= 0.6 is 0 Å². The number of rotatable bonds is 15. The minimum Gasteiger partial charge on any atom is -0.458 e. The SMILES string of the molecule is CC(=O)O[C@H](CC[C@H]1C(=O)N(c2ccc(CCC(O)O)cc2)[C@@H]1c1ccc(CCC(O)(CO)CO)cc1)c1ccc(F)cc1. The lowest BCUT2D eigenvalue weighted by Crippen LogP contribution is -2.55. The van der Waals surface area contributed by atoms with Crippen LogP contribution in [-0.2, 0) is 27.2 Å². The zero-order valence-electron chi connectivity index (χ0n) is 24.7. The monoisotopic (exact) mass is 609 g/mol. The van der Waals surface area contributed by atoms with Crippen molar-refractivity contribution < 1.29 is 44.2 Å². The molecule has 0 aliphatic carbocycles. The third kappa shape index (κ3) is 8.28. The summed E-state index contributed by atoms with van der Waals surface area (Å²) >= 11 is 0. The van der Waals surface area contributed by atoms with Crippen molar-refractivity contribution in [2.45, 2.75) is 69.5 Å². The number of nitrogens with zero attached hydrogens (tertiary/aromatic N) is 1. The molecule has 1 aliphatic rings. The molecule has 1 heterocycles. The van der Waals surface area contributed by atoms with Gasteiger partial charge in [0.1, 0.15) is 17.5 Å². The first-order valence-electron chi connectivity index (χ1n) is 14.8. The van der Waals surface area contributed by atoms with Crippen LogP contribution in [0.1, 0.15) is 67.0 Å². The number of hydrogen-bond donors (Lipinski definition) is 5. The van der Waals surface area contributed by atoms with Crippen molar-refractivity contribution in [3.05, 3.63) is 101 Å². The summed E-state index contributed by atoms with van der Waals surface area (Å²) in [5, 5.41) is 47.4. The van der Waals surface area contributed by atoms with Crippen molar-refractivity contribution in [2.75, 3.05) is 18.1 Å². The number of aliphatic hydroxyl groups is 5. The summed E-state index contributed by atoms with van der Waals surface area (Å²) in [6.45, 7) is 0.214. The maximum Gasteiger partial charge on any atom is 0.303 e. The predicted octanol–water partition coefficient (Wildman–Crippen LogP) is 3.51. The van der Waals surface area contributed by atoms with Crippen molar-refractivity contribution in [3.63, 3.8) is 0 Å². The zero-order valence-corrected chi connectivity index (χ0v) is 24.7. The summed E-state index contributed by atoms with van der Waals surface area (Å²) in [4.78, 5) is 27.2. The van der Waals surface area contributed by atoms with Crippen molar-refractivity contribution in [1.29, 1.82) is 0 Å². The summed E-state index contributed by atoms with van der Waals surface area (Å²) in [6.07, 6.45) is 0.00282. The van der Waals surface area contributed by atoms with Crippen LogP contribution in [0.4, 0.5) is 10.1 Å². The number of carbonyl (C=O) groups excluding carboxylic acids is 2. The topological polar surface area (TPSA) is 148 Å². The van der Waals surface area contributed by atoms with Gasteiger partial charge in [0.15, 0.2) is 6.29 Å². The van der Waals surface area contributed by atoms with Crippen molar-refractivity contribution >= 4 is 17.6 Å². The molecule has 236 valence electrons. The molecule has 9 nitrogen and oxygen atoms in total. The van der Waals surface area contributed by atoms with E-state index in [0.29, 0.717) is 36.9 Å². The van der Waals surface area contributed by atoms with Gasteiger partial charge in [0.25, 0.3) is 0 Å². The molecule has 44 heavy (non-hydrogen) atoms. The summed E-state index contributed by atoms with van der Waals surface area (Å²) in [5.41, 5.74) is 2.45. The fourth-order valence-electron chi connectivity index (χ4n) is 5.59. The number of benzene rings is 3. The highest BCUT2D eigenvalue weighted by molar-refractivity contribution is 6.03. The van der Waals surface area contributed by atoms with Gasteiger partial charge in [-0.2, -0.15) is 0 Å². The molecule has 10 heteroatoms. The molecule has 0 aromatic heterocycles. The van der Waals surface area contributed by atoms with E-state index in [1.165, 1.54) is 19.1 Å². The molecule has 1 saturated heterocycles. The first kappa shape index (κ1) is 33.2. The van der Waals surface area contributed by atoms with Gasteiger partial charge in [0.05, 0.1) is 25.2 Å². The number of hydrogen-bond acceptors (Lipinski definition) is 8. The Morgan fingerprint density at radius 2 is 1.50 bits per heavy atom. The second-order valence-electron chi connectivity index (χ2n) is 11.5. The fourth-order valence-corrected chi connectivity index (χ4v) is 5.59. The van der Waals surface area contributed by atoms with Crippen molar-refractivity contribution in [3.8, 4) is 0 Å². The quantitative estimate of drug-likeness (QED) is 0.1000. The Bertz CT molecular complexity index is 1370. The smallest absolute Gasteiger partial charge is 0.303 e. The molecule has 1 aliphatic heterocycles. The third-order valence-corrected chi connectivity index (χ3v) is 8.20. The van der Waals surface area contributed by atoms with E-state index in [-0.39, 0.29) is 24.8 Å². The van der Waals surface area contributed by atoms with Gasteiger partial charge in [0, 0.05) is 19.0 Å². The average Bonchev–Trinajstić information content (AvgIpc) is 3.02.